The van der Waals surface area contributed by atoms with Gasteiger partial charge in [0.1, 0.15) is 0 Å². The molecule has 0 saturated heterocycles. The van der Waals surface area contributed by atoms with E-state index in [2.05, 4.69) is 4.74 Å². The minimum Gasteiger partial charge on any atom is -0.469 e. The molecule has 1 aliphatic carbocycles. The molecule has 0 aliphatic heterocycles. The van der Waals surface area contributed by atoms with Crippen LogP contribution in [0.1, 0.15) is 32.1 Å². The van der Waals surface area contributed by atoms with E-state index >= 15 is 0 Å². The fraction of sp³-hybridized carbons (Fsp3) is 0.900. The Morgan fingerprint density at radius 1 is 1.44 bits per heavy atom. The molecule has 5 nitrogen and oxygen atoms in total. The fourth-order valence-electron chi connectivity index (χ4n) is 1.62. The van der Waals surface area contributed by atoms with E-state index in [0.29, 0.717) is 6.42 Å². The Bertz CT molecular complexity index is 335. The van der Waals surface area contributed by atoms with E-state index in [1.807, 2.05) is 0 Å². The second kappa shape index (κ2) is 5.63. The van der Waals surface area contributed by atoms with Gasteiger partial charge in [0.25, 0.3) is 0 Å². The van der Waals surface area contributed by atoms with Gasteiger partial charge in [0.2, 0.25) is 10.0 Å². The van der Waals surface area contributed by atoms with Crippen LogP contribution in [0.3, 0.4) is 0 Å². The molecule has 0 atom stereocenters. The summed E-state index contributed by atoms with van der Waals surface area (Å²) in [5, 5.41) is 0. The van der Waals surface area contributed by atoms with Crippen LogP contribution in [0.25, 0.3) is 0 Å². The summed E-state index contributed by atoms with van der Waals surface area (Å²) in [6.45, 7) is 0. The highest BCUT2D eigenvalue weighted by Gasteiger charge is 2.30. The molecule has 0 radical (unpaired) electrons. The predicted molar refractivity (Wildman–Crippen MR) is 60.4 cm³/mol. The maximum absolute atomic E-state index is 11.8. The highest BCUT2D eigenvalue weighted by molar-refractivity contribution is 7.89. The number of sulfonamides is 1. The van der Waals surface area contributed by atoms with Crippen molar-refractivity contribution < 1.29 is 17.9 Å². The first-order valence-corrected chi connectivity index (χ1v) is 7.11. The molecule has 1 fully saturated rings. The molecule has 0 unspecified atom stereocenters. The van der Waals surface area contributed by atoms with E-state index in [4.69, 9.17) is 0 Å². The molecule has 0 aromatic heterocycles. The summed E-state index contributed by atoms with van der Waals surface area (Å²) in [6, 6.07) is 0.170. The molecular weight excluding hydrogens is 230 g/mol. The van der Waals surface area contributed by atoms with Crippen molar-refractivity contribution in [2.75, 3.05) is 19.9 Å². The van der Waals surface area contributed by atoms with Crippen LogP contribution < -0.4 is 0 Å². The topological polar surface area (TPSA) is 63.7 Å². The third kappa shape index (κ3) is 3.45. The maximum atomic E-state index is 11.8. The van der Waals surface area contributed by atoms with Crippen molar-refractivity contribution in [1.29, 1.82) is 0 Å². The summed E-state index contributed by atoms with van der Waals surface area (Å²) >= 11 is 0. The fourth-order valence-corrected chi connectivity index (χ4v) is 3.08. The van der Waals surface area contributed by atoms with Gasteiger partial charge in [0.15, 0.2) is 0 Å². The summed E-state index contributed by atoms with van der Waals surface area (Å²) in [5.41, 5.74) is 0. The van der Waals surface area contributed by atoms with Gasteiger partial charge in [-0.2, -0.15) is 0 Å². The van der Waals surface area contributed by atoms with E-state index < -0.39 is 10.0 Å². The molecule has 1 saturated carbocycles. The predicted octanol–water partition coefficient (Wildman–Crippen LogP) is 0.754. The van der Waals surface area contributed by atoms with E-state index in [1.54, 1.807) is 7.05 Å². The van der Waals surface area contributed by atoms with Gasteiger partial charge in [-0.3, -0.25) is 4.79 Å². The standard InChI is InChI=1S/C10H19NO4S/c1-11(9-5-3-6-9)16(13,14)8-4-7-10(12)15-2/h9H,3-8H2,1-2H3. The Morgan fingerprint density at radius 3 is 2.50 bits per heavy atom. The second-order valence-electron chi connectivity index (χ2n) is 4.10. The first-order valence-electron chi connectivity index (χ1n) is 5.50. The van der Waals surface area contributed by atoms with E-state index in [0.717, 1.165) is 19.3 Å². The van der Waals surface area contributed by atoms with Crippen molar-refractivity contribution in [3.63, 3.8) is 0 Å². The van der Waals surface area contributed by atoms with Crippen molar-refractivity contribution >= 4 is 16.0 Å². The second-order valence-corrected chi connectivity index (χ2v) is 6.24. The average Bonchev–Trinajstić information content (AvgIpc) is 2.14. The van der Waals surface area contributed by atoms with Crippen LogP contribution in [0.5, 0.6) is 0 Å². The van der Waals surface area contributed by atoms with Crippen LogP contribution in [0.2, 0.25) is 0 Å². The van der Waals surface area contributed by atoms with Crippen molar-refractivity contribution in [3.8, 4) is 0 Å². The van der Waals surface area contributed by atoms with Gasteiger partial charge in [0, 0.05) is 19.5 Å². The van der Waals surface area contributed by atoms with E-state index in [9.17, 15) is 13.2 Å². The number of esters is 1. The molecule has 94 valence electrons. The SMILES string of the molecule is COC(=O)CCCS(=O)(=O)N(C)C1CCC1. The molecule has 0 heterocycles. The van der Waals surface area contributed by atoms with Gasteiger partial charge in [-0.05, 0) is 19.3 Å². The number of carbonyl (C=O) groups excluding carboxylic acids is 1. The Balaban J connectivity index is 2.36. The minimum absolute atomic E-state index is 0.0229. The molecule has 0 spiro atoms. The molecule has 0 amide bonds. The third-order valence-electron chi connectivity index (χ3n) is 3.04. The number of hydrogen-bond donors (Lipinski definition) is 0. The molecule has 6 heteroatoms. The Hall–Kier alpha value is -0.620. The zero-order valence-corrected chi connectivity index (χ0v) is 10.6. The quantitative estimate of drug-likeness (QED) is 0.652. The average molecular weight is 249 g/mol. The number of ether oxygens (including phenoxy) is 1. The zero-order chi connectivity index (χ0) is 12.2. The lowest BCUT2D eigenvalue weighted by Crippen LogP contribution is -2.42. The highest BCUT2D eigenvalue weighted by Crippen LogP contribution is 2.25. The van der Waals surface area contributed by atoms with Crippen LogP contribution in [0, 0.1) is 0 Å². The lowest BCUT2D eigenvalue weighted by molar-refractivity contribution is -0.140. The van der Waals surface area contributed by atoms with Gasteiger partial charge in [-0.15, -0.1) is 0 Å². The maximum Gasteiger partial charge on any atom is 0.305 e. The smallest absolute Gasteiger partial charge is 0.305 e. The van der Waals surface area contributed by atoms with Crippen molar-refractivity contribution in [3.05, 3.63) is 0 Å². The van der Waals surface area contributed by atoms with Crippen LogP contribution in [-0.4, -0.2) is 44.6 Å². The molecule has 1 aliphatic rings. The number of hydrogen-bond acceptors (Lipinski definition) is 4. The zero-order valence-electron chi connectivity index (χ0n) is 9.81. The molecular formula is C10H19NO4S. The minimum atomic E-state index is -3.20. The molecule has 0 aromatic carbocycles. The molecule has 0 bridgehead atoms. The van der Waals surface area contributed by atoms with Crippen molar-refractivity contribution in [1.82, 2.24) is 4.31 Å². The van der Waals surface area contributed by atoms with Gasteiger partial charge in [-0.1, -0.05) is 6.42 Å². The first-order chi connectivity index (χ1) is 7.47. The van der Waals surface area contributed by atoms with Gasteiger partial charge in [-0.25, -0.2) is 12.7 Å². The largest absolute Gasteiger partial charge is 0.469 e. The molecule has 16 heavy (non-hydrogen) atoms. The number of rotatable bonds is 6. The van der Waals surface area contributed by atoms with Gasteiger partial charge < -0.3 is 4.74 Å². The lowest BCUT2D eigenvalue weighted by Gasteiger charge is -2.33. The summed E-state index contributed by atoms with van der Waals surface area (Å²) in [4.78, 5) is 10.8. The Labute approximate surface area is 96.8 Å². The third-order valence-corrected chi connectivity index (χ3v) is 5.02. The van der Waals surface area contributed by atoms with Crippen molar-refractivity contribution in [2.45, 2.75) is 38.1 Å². The first kappa shape index (κ1) is 13.4. The van der Waals surface area contributed by atoms with Gasteiger partial charge in [0.05, 0.1) is 12.9 Å². The summed E-state index contributed by atoms with van der Waals surface area (Å²) in [5.74, 6) is -0.337. The Kier molecular flexibility index (Phi) is 4.73. The lowest BCUT2D eigenvalue weighted by atomic mass is 9.94. The van der Waals surface area contributed by atoms with Crippen LogP contribution in [-0.2, 0) is 19.6 Å². The number of carbonyl (C=O) groups is 1. The molecule has 0 N–H and O–H groups in total. The van der Waals surface area contributed by atoms with E-state index in [-0.39, 0.29) is 24.2 Å². The van der Waals surface area contributed by atoms with Crippen LogP contribution in [0.4, 0.5) is 0 Å². The van der Waals surface area contributed by atoms with Crippen LogP contribution >= 0.6 is 0 Å². The van der Waals surface area contributed by atoms with Crippen LogP contribution in [0.15, 0.2) is 0 Å². The summed E-state index contributed by atoms with van der Waals surface area (Å²) < 4.78 is 29.5. The van der Waals surface area contributed by atoms with E-state index in [1.165, 1.54) is 11.4 Å². The number of nitrogens with zero attached hydrogens (tertiary/aromatic N) is 1. The number of methoxy groups -OCH3 is 1. The molecule has 0 aromatic rings. The monoisotopic (exact) mass is 249 g/mol. The Morgan fingerprint density at radius 2 is 2.06 bits per heavy atom. The normalized spacial score (nSPS) is 17.2. The molecule has 1 rings (SSSR count). The summed E-state index contributed by atoms with van der Waals surface area (Å²) in [7, 11) is -0.273. The van der Waals surface area contributed by atoms with Gasteiger partial charge >= 0.3 is 5.97 Å². The van der Waals surface area contributed by atoms with Crippen molar-refractivity contribution in [2.24, 2.45) is 0 Å². The highest BCUT2D eigenvalue weighted by atomic mass is 32.2. The summed E-state index contributed by atoms with van der Waals surface area (Å²) in [6.07, 6.45) is 3.49.